The molecule has 0 atom stereocenters. The van der Waals surface area contributed by atoms with Crippen LogP contribution in [0.25, 0.3) is 0 Å². The lowest BCUT2D eigenvalue weighted by molar-refractivity contribution is -0.137. The smallest absolute Gasteiger partial charge is 0.304 e. The number of aliphatic carboxylic acids is 1. The molecule has 1 fully saturated rings. The summed E-state index contributed by atoms with van der Waals surface area (Å²) in [7, 11) is 0. The lowest BCUT2D eigenvalue weighted by atomic mass is 9.85. The molecule has 1 aromatic carbocycles. The van der Waals surface area contributed by atoms with Crippen molar-refractivity contribution in [1.29, 1.82) is 0 Å². The Morgan fingerprint density at radius 3 is 2.64 bits per heavy atom. The molecule has 2 heterocycles. The van der Waals surface area contributed by atoms with Gasteiger partial charge in [0.25, 0.3) is 0 Å². The molecular weight excluding hydrogens is 358 g/mol. The SMILES string of the molecule is CC(=O)N(OC1CCNCC1)c1ccc2c(c1)CN(CCC(=O)O)C(C)(C)C2. The maximum Gasteiger partial charge on any atom is 0.304 e. The summed E-state index contributed by atoms with van der Waals surface area (Å²) in [6.45, 7) is 8.78. The average molecular weight is 389 g/mol. The van der Waals surface area contributed by atoms with E-state index in [1.807, 2.05) is 12.1 Å². The Kier molecular flexibility index (Phi) is 6.37. The second-order valence-corrected chi connectivity index (χ2v) is 8.38. The van der Waals surface area contributed by atoms with Crippen molar-refractivity contribution in [2.45, 2.75) is 64.6 Å². The average Bonchev–Trinajstić information content (AvgIpc) is 2.64. The standard InChI is InChI=1S/C21H31N3O4/c1-15(25)24(28-19-6-9-22-10-7-19)18-5-4-16-13-21(2,3)23(11-8-20(26)27)14-17(16)12-18/h4-5,12,19,22H,6-11,13-14H2,1-3H3,(H,26,27). The summed E-state index contributed by atoms with van der Waals surface area (Å²) in [4.78, 5) is 31.5. The van der Waals surface area contributed by atoms with Gasteiger partial charge in [-0.15, -0.1) is 0 Å². The van der Waals surface area contributed by atoms with Gasteiger partial charge in [-0.1, -0.05) is 6.07 Å². The fourth-order valence-corrected chi connectivity index (χ4v) is 4.03. The number of nitrogens with zero attached hydrogens (tertiary/aromatic N) is 2. The minimum atomic E-state index is -0.784. The summed E-state index contributed by atoms with van der Waals surface area (Å²) >= 11 is 0. The van der Waals surface area contributed by atoms with E-state index in [1.54, 1.807) is 0 Å². The second-order valence-electron chi connectivity index (χ2n) is 8.38. The number of nitrogens with one attached hydrogen (secondary N) is 1. The van der Waals surface area contributed by atoms with Gasteiger partial charge in [-0.05, 0) is 69.5 Å². The first-order valence-electron chi connectivity index (χ1n) is 10.0. The van der Waals surface area contributed by atoms with Crippen LogP contribution in [0.2, 0.25) is 0 Å². The maximum absolute atomic E-state index is 12.2. The summed E-state index contributed by atoms with van der Waals surface area (Å²) in [5.74, 6) is -0.925. The molecule has 2 aliphatic rings. The third kappa shape index (κ3) is 4.90. The van der Waals surface area contributed by atoms with Gasteiger partial charge in [-0.2, -0.15) is 5.06 Å². The van der Waals surface area contributed by atoms with E-state index in [1.165, 1.54) is 17.6 Å². The van der Waals surface area contributed by atoms with Crippen molar-refractivity contribution in [2.24, 2.45) is 0 Å². The molecule has 1 aromatic rings. The van der Waals surface area contributed by atoms with Gasteiger partial charge in [0.15, 0.2) is 0 Å². The van der Waals surface area contributed by atoms with Crippen LogP contribution < -0.4 is 10.4 Å². The molecule has 28 heavy (non-hydrogen) atoms. The summed E-state index contributed by atoms with van der Waals surface area (Å²) < 4.78 is 0. The molecule has 1 saturated heterocycles. The monoisotopic (exact) mass is 389 g/mol. The number of carbonyl (C=O) groups is 2. The highest BCUT2D eigenvalue weighted by molar-refractivity contribution is 5.89. The first-order chi connectivity index (χ1) is 13.3. The predicted octanol–water partition coefficient (Wildman–Crippen LogP) is 2.33. The second kappa shape index (κ2) is 8.59. The molecule has 0 bridgehead atoms. The van der Waals surface area contributed by atoms with Crippen LogP contribution in [0.1, 0.15) is 51.2 Å². The van der Waals surface area contributed by atoms with Gasteiger partial charge in [-0.25, -0.2) is 0 Å². The first-order valence-corrected chi connectivity index (χ1v) is 10.0. The first kappa shape index (κ1) is 20.8. The van der Waals surface area contributed by atoms with Crippen LogP contribution in [-0.4, -0.2) is 53.2 Å². The number of anilines is 1. The van der Waals surface area contributed by atoms with Crippen molar-refractivity contribution in [2.75, 3.05) is 24.7 Å². The van der Waals surface area contributed by atoms with Gasteiger partial charge in [0.05, 0.1) is 18.2 Å². The van der Waals surface area contributed by atoms with E-state index in [0.29, 0.717) is 13.1 Å². The van der Waals surface area contributed by atoms with Gasteiger partial charge in [0.1, 0.15) is 0 Å². The van der Waals surface area contributed by atoms with Gasteiger partial charge in [-0.3, -0.25) is 19.3 Å². The maximum atomic E-state index is 12.2. The highest BCUT2D eigenvalue weighted by atomic mass is 16.7. The number of hydrogen-bond donors (Lipinski definition) is 2. The molecule has 0 unspecified atom stereocenters. The number of amides is 1. The molecule has 2 N–H and O–H groups in total. The van der Waals surface area contributed by atoms with E-state index in [4.69, 9.17) is 9.94 Å². The number of hydroxylamine groups is 1. The van der Waals surface area contributed by atoms with E-state index in [9.17, 15) is 9.59 Å². The number of benzene rings is 1. The third-order valence-corrected chi connectivity index (χ3v) is 5.69. The Labute approximate surface area is 166 Å². The third-order valence-electron chi connectivity index (χ3n) is 5.69. The summed E-state index contributed by atoms with van der Waals surface area (Å²) in [6, 6.07) is 6.04. The Balaban J connectivity index is 1.80. The summed E-state index contributed by atoms with van der Waals surface area (Å²) in [5, 5.41) is 13.8. The number of carboxylic acid groups (broad SMARTS) is 1. The molecule has 0 radical (unpaired) electrons. The highest BCUT2D eigenvalue weighted by Gasteiger charge is 2.33. The van der Waals surface area contributed by atoms with Crippen LogP contribution in [-0.2, 0) is 27.4 Å². The lowest BCUT2D eigenvalue weighted by Crippen LogP contribution is -2.49. The zero-order chi connectivity index (χ0) is 20.3. The van der Waals surface area contributed by atoms with Crippen molar-refractivity contribution in [3.05, 3.63) is 29.3 Å². The van der Waals surface area contributed by atoms with Gasteiger partial charge in [0, 0.05) is 25.6 Å². The van der Waals surface area contributed by atoms with Crippen molar-refractivity contribution < 1.29 is 19.5 Å². The quantitative estimate of drug-likeness (QED) is 0.727. The topological polar surface area (TPSA) is 82.1 Å². The number of carbonyl (C=O) groups excluding carboxylic acids is 1. The predicted molar refractivity (Wildman–Crippen MR) is 107 cm³/mol. The zero-order valence-corrected chi connectivity index (χ0v) is 17.0. The summed E-state index contributed by atoms with van der Waals surface area (Å²) in [6.07, 6.45) is 2.76. The Hall–Kier alpha value is -1.96. The molecule has 7 heteroatoms. The fraction of sp³-hybridized carbons (Fsp3) is 0.619. The molecule has 3 rings (SSSR count). The van der Waals surface area contributed by atoms with Crippen LogP contribution in [0, 0.1) is 0 Å². The van der Waals surface area contributed by atoms with Crippen LogP contribution in [0.15, 0.2) is 18.2 Å². The number of piperidine rings is 1. The number of hydrogen-bond acceptors (Lipinski definition) is 5. The Bertz CT molecular complexity index is 728. The fourth-order valence-electron chi connectivity index (χ4n) is 4.03. The molecule has 0 spiro atoms. The van der Waals surface area contributed by atoms with Crippen molar-refractivity contribution in [1.82, 2.24) is 10.2 Å². The lowest BCUT2D eigenvalue weighted by Gasteiger charge is -2.43. The highest BCUT2D eigenvalue weighted by Crippen LogP contribution is 2.33. The van der Waals surface area contributed by atoms with E-state index in [-0.39, 0.29) is 24.0 Å². The molecule has 7 nitrogen and oxygen atoms in total. The zero-order valence-electron chi connectivity index (χ0n) is 17.0. The molecule has 154 valence electrons. The van der Waals surface area contributed by atoms with Gasteiger partial charge in [0.2, 0.25) is 5.91 Å². The molecule has 0 saturated carbocycles. The molecule has 0 aromatic heterocycles. The van der Waals surface area contributed by atoms with E-state index in [0.717, 1.165) is 43.6 Å². The minimum Gasteiger partial charge on any atom is -0.481 e. The van der Waals surface area contributed by atoms with Crippen molar-refractivity contribution in [3.8, 4) is 0 Å². The van der Waals surface area contributed by atoms with Gasteiger partial charge < -0.3 is 10.4 Å². The normalized spacial score (nSPS) is 19.8. The van der Waals surface area contributed by atoms with E-state index < -0.39 is 5.97 Å². The van der Waals surface area contributed by atoms with Crippen molar-refractivity contribution >= 4 is 17.6 Å². The Morgan fingerprint density at radius 1 is 1.29 bits per heavy atom. The van der Waals surface area contributed by atoms with Crippen molar-refractivity contribution in [3.63, 3.8) is 0 Å². The van der Waals surface area contributed by atoms with E-state index >= 15 is 0 Å². The van der Waals surface area contributed by atoms with Crippen LogP contribution in [0.4, 0.5) is 5.69 Å². The van der Waals surface area contributed by atoms with Crippen LogP contribution >= 0.6 is 0 Å². The van der Waals surface area contributed by atoms with Gasteiger partial charge >= 0.3 is 5.97 Å². The molecule has 0 aliphatic carbocycles. The minimum absolute atomic E-state index is 0.0344. The number of carboxylic acids is 1. The van der Waals surface area contributed by atoms with E-state index in [2.05, 4.69) is 30.1 Å². The number of fused-ring (bicyclic) bond motifs is 1. The Morgan fingerprint density at radius 2 is 2.00 bits per heavy atom. The summed E-state index contributed by atoms with van der Waals surface area (Å²) in [5.41, 5.74) is 3.01. The largest absolute Gasteiger partial charge is 0.481 e. The molecular formula is C21H31N3O4. The molecule has 2 aliphatic heterocycles. The van der Waals surface area contributed by atoms with Crippen LogP contribution in [0.3, 0.4) is 0 Å². The molecule has 1 amide bonds. The number of rotatable bonds is 6. The van der Waals surface area contributed by atoms with Crippen LogP contribution in [0.5, 0.6) is 0 Å².